The van der Waals surface area contributed by atoms with Gasteiger partial charge in [-0.25, -0.2) is 13.6 Å². The van der Waals surface area contributed by atoms with Crippen molar-refractivity contribution in [2.75, 3.05) is 13.1 Å². The Labute approximate surface area is 169 Å². The number of likely N-dealkylation sites (tertiary alicyclic amines) is 1. The maximum absolute atomic E-state index is 15.6. The first-order valence-corrected chi connectivity index (χ1v) is 10.1. The molecule has 2 aromatic carbocycles. The third-order valence-electron chi connectivity index (χ3n) is 6.17. The molecule has 1 saturated heterocycles. The Morgan fingerprint density at radius 2 is 1.90 bits per heavy atom. The Balaban J connectivity index is 1.37. The number of hydrogen-bond donors (Lipinski definition) is 2. The minimum atomic E-state index is -1.44. The Morgan fingerprint density at radius 3 is 2.59 bits per heavy atom. The Hall–Kier alpha value is -2.47. The van der Waals surface area contributed by atoms with Gasteiger partial charge in [0.1, 0.15) is 11.5 Å². The van der Waals surface area contributed by atoms with Crippen LogP contribution in [-0.2, 0) is 6.42 Å². The summed E-state index contributed by atoms with van der Waals surface area (Å²) in [5.41, 5.74) is 0.638. The molecule has 0 bridgehead atoms. The molecule has 2 N–H and O–H groups in total. The number of halogens is 2. The quantitative estimate of drug-likeness (QED) is 0.757. The van der Waals surface area contributed by atoms with E-state index in [-0.39, 0.29) is 37.8 Å². The fourth-order valence-electron chi connectivity index (χ4n) is 4.43. The summed E-state index contributed by atoms with van der Waals surface area (Å²) in [6.07, 6.45) is 0.689. The number of rotatable bonds is 6. The van der Waals surface area contributed by atoms with Crippen LogP contribution in [0.25, 0.3) is 0 Å². The van der Waals surface area contributed by atoms with Gasteiger partial charge in [0.15, 0.2) is 0 Å². The molecule has 29 heavy (non-hydrogen) atoms. The summed E-state index contributed by atoms with van der Waals surface area (Å²) in [5, 5.41) is 12.9. The lowest BCUT2D eigenvalue weighted by atomic mass is 9.85. The molecule has 0 radical (unpaired) electrons. The SMILES string of the molecule is O=C(O)N1CCC(F)(CN[C@@H]2C[C@H]2c2ccccc2)CC1Cc1ccc(F)cc1. The molecular weight excluding hydrogens is 374 g/mol. The van der Waals surface area contributed by atoms with Crippen LogP contribution >= 0.6 is 0 Å². The molecular formula is C23H26F2N2O2. The van der Waals surface area contributed by atoms with Crippen molar-refractivity contribution in [3.63, 3.8) is 0 Å². The summed E-state index contributed by atoms with van der Waals surface area (Å²) < 4.78 is 28.8. The van der Waals surface area contributed by atoms with Crippen molar-refractivity contribution in [2.24, 2.45) is 0 Å². The second-order valence-corrected chi connectivity index (χ2v) is 8.31. The summed E-state index contributed by atoms with van der Waals surface area (Å²) in [7, 11) is 0. The van der Waals surface area contributed by atoms with E-state index in [1.165, 1.54) is 22.6 Å². The van der Waals surface area contributed by atoms with Gasteiger partial charge in [-0.3, -0.25) is 0 Å². The predicted molar refractivity (Wildman–Crippen MR) is 107 cm³/mol. The standard InChI is InChI=1S/C23H26F2N2O2/c24-18-8-6-16(7-9-18)12-19-14-23(25,10-11-27(19)22(28)29)15-26-21-13-20(21)17-4-2-1-3-5-17/h1-9,19-21,26H,10-15H2,(H,28,29)/t19?,20-,21+,23?/m0/s1. The summed E-state index contributed by atoms with van der Waals surface area (Å²) in [6.45, 7) is 0.403. The lowest BCUT2D eigenvalue weighted by Gasteiger charge is -2.41. The van der Waals surface area contributed by atoms with Crippen LogP contribution in [0.5, 0.6) is 0 Å². The number of alkyl halides is 1. The molecule has 0 spiro atoms. The molecule has 2 fully saturated rings. The number of carboxylic acid groups (broad SMARTS) is 1. The van der Waals surface area contributed by atoms with E-state index in [1.54, 1.807) is 12.1 Å². The Morgan fingerprint density at radius 1 is 1.17 bits per heavy atom. The van der Waals surface area contributed by atoms with Crippen molar-refractivity contribution in [1.82, 2.24) is 10.2 Å². The van der Waals surface area contributed by atoms with Gasteiger partial charge in [-0.05, 0) is 36.1 Å². The third-order valence-corrected chi connectivity index (χ3v) is 6.17. The Kier molecular flexibility index (Phi) is 5.54. The number of benzene rings is 2. The lowest BCUT2D eigenvalue weighted by Crippen LogP contribution is -2.54. The van der Waals surface area contributed by atoms with Crippen LogP contribution < -0.4 is 5.32 Å². The van der Waals surface area contributed by atoms with E-state index >= 15 is 4.39 Å². The van der Waals surface area contributed by atoms with Crippen LogP contribution in [0, 0.1) is 5.82 Å². The number of amides is 1. The highest BCUT2D eigenvalue weighted by Gasteiger charge is 2.44. The molecule has 154 valence electrons. The molecule has 2 aromatic rings. The zero-order chi connectivity index (χ0) is 20.4. The largest absolute Gasteiger partial charge is 0.465 e. The average molecular weight is 400 g/mol. The maximum Gasteiger partial charge on any atom is 0.407 e. The topological polar surface area (TPSA) is 52.6 Å². The predicted octanol–water partition coefficient (Wildman–Crippen LogP) is 4.36. The van der Waals surface area contributed by atoms with E-state index in [1.807, 2.05) is 18.2 Å². The first-order chi connectivity index (χ1) is 13.9. The third kappa shape index (κ3) is 4.75. The van der Waals surface area contributed by atoms with Crippen LogP contribution in [0.3, 0.4) is 0 Å². The summed E-state index contributed by atoms with van der Waals surface area (Å²) in [6, 6.07) is 16.0. The molecule has 1 aliphatic heterocycles. The van der Waals surface area contributed by atoms with Gasteiger partial charge in [0.25, 0.3) is 0 Å². The molecule has 2 aliphatic rings. The average Bonchev–Trinajstić information content (AvgIpc) is 3.49. The van der Waals surface area contributed by atoms with E-state index in [2.05, 4.69) is 17.4 Å². The zero-order valence-electron chi connectivity index (χ0n) is 16.2. The van der Waals surface area contributed by atoms with E-state index in [0.29, 0.717) is 12.3 Å². The molecule has 4 nitrogen and oxygen atoms in total. The number of carbonyl (C=O) groups is 1. The first kappa shape index (κ1) is 19.8. The fourth-order valence-corrected chi connectivity index (χ4v) is 4.43. The second-order valence-electron chi connectivity index (χ2n) is 8.31. The number of nitrogens with one attached hydrogen (secondary N) is 1. The van der Waals surface area contributed by atoms with Crippen molar-refractivity contribution in [3.05, 3.63) is 71.5 Å². The molecule has 1 amide bonds. The molecule has 2 unspecified atom stereocenters. The molecule has 6 heteroatoms. The maximum atomic E-state index is 15.6. The molecule has 1 heterocycles. The van der Waals surface area contributed by atoms with Crippen LogP contribution in [-0.4, -0.2) is 46.9 Å². The van der Waals surface area contributed by atoms with Crippen LogP contribution in [0.1, 0.15) is 36.3 Å². The van der Waals surface area contributed by atoms with Crippen molar-refractivity contribution in [2.45, 2.75) is 49.4 Å². The van der Waals surface area contributed by atoms with E-state index < -0.39 is 17.8 Å². The number of nitrogens with zero attached hydrogens (tertiary/aromatic N) is 1. The highest BCUT2D eigenvalue weighted by molar-refractivity contribution is 5.65. The molecule has 4 rings (SSSR count). The van der Waals surface area contributed by atoms with Crippen molar-refractivity contribution in [3.8, 4) is 0 Å². The minimum absolute atomic E-state index is 0.145. The number of piperidine rings is 1. The van der Waals surface area contributed by atoms with Gasteiger partial charge in [0, 0.05) is 43.9 Å². The van der Waals surface area contributed by atoms with E-state index in [4.69, 9.17) is 0 Å². The monoisotopic (exact) mass is 400 g/mol. The van der Waals surface area contributed by atoms with E-state index in [0.717, 1.165) is 12.0 Å². The van der Waals surface area contributed by atoms with Crippen molar-refractivity contribution in [1.29, 1.82) is 0 Å². The second kappa shape index (κ2) is 8.11. The van der Waals surface area contributed by atoms with Crippen LogP contribution in [0.2, 0.25) is 0 Å². The summed E-state index contributed by atoms with van der Waals surface area (Å²) in [4.78, 5) is 12.9. The lowest BCUT2D eigenvalue weighted by molar-refractivity contribution is 0.0224. The highest BCUT2D eigenvalue weighted by Crippen LogP contribution is 2.41. The summed E-state index contributed by atoms with van der Waals surface area (Å²) >= 11 is 0. The van der Waals surface area contributed by atoms with Gasteiger partial charge in [0.05, 0.1) is 0 Å². The van der Waals surface area contributed by atoms with Gasteiger partial charge in [0.2, 0.25) is 0 Å². The van der Waals surface area contributed by atoms with E-state index in [9.17, 15) is 14.3 Å². The van der Waals surface area contributed by atoms with Gasteiger partial charge < -0.3 is 15.3 Å². The summed E-state index contributed by atoms with van der Waals surface area (Å²) in [5.74, 6) is 0.0860. The Bertz CT molecular complexity index is 846. The number of hydrogen-bond acceptors (Lipinski definition) is 2. The molecule has 1 aliphatic carbocycles. The normalized spacial score (nSPS) is 28.9. The zero-order valence-corrected chi connectivity index (χ0v) is 16.2. The fraction of sp³-hybridized carbons (Fsp3) is 0.435. The van der Waals surface area contributed by atoms with Gasteiger partial charge in [-0.15, -0.1) is 0 Å². The smallest absolute Gasteiger partial charge is 0.407 e. The van der Waals surface area contributed by atoms with Gasteiger partial charge in [-0.2, -0.15) is 0 Å². The van der Waals surface area contributed by atoms with Crippen molar-refractivity contribution < 1.29 is 18.7 Å². The highest BCUT2D eigenvalue weighted by atomic mass is 19.1. The molecule has 0 aromatic heterocycles. The van der Waals surface area contributed by atoms with Gasteiger partial charge >= 0.3 is 6.09 Å². The van der Waals surface area contributed by atoms with Gasteiger partial charge in [-0.1, -0.05) is 42.5 Å². The molecule has 4 atom stereocenters. The first-order valence-electron chi connectivity index (χ1n) is 10.1. The molecule has 1 saturated carbocycles. The minimum Gasteiger partial charge on any atom is -0.465 e. The van der Waals surface area contributed by atoms with Crippen LogP contribution in [0.4, 0.5) is 13.6 Å². The van der Waals surface area contributed by atoms with Crippen molar-refractivity contribution >= 4 is 6.09 Å². The van der Waals surface area contributed by atoms with Crippen LogP contribution in [0.15, 0.2) is 54.6 Å².